The van der Waals surface area contributed by atoms with E-state index in [-0.39, 0.29) is 5.56 Å². The fourth-order valence-corrected chi connectivity index (χ4v) is 1.53. The molecule has 0 heterocycles. The highest BCUT2D eigenvalue weighted by atomic mass is 35.5. The van der Waals surface area contributed by atoms with Gasteiger partial charge in [0.1, 0.15) is 13.2 Å². The maximum Gasteiger partial charge on any atom is 0.411 e. The monoisotopic (exact) mass is 325 g/mol. The molecular weight excluding hydrogens is 315 g/mol. The SMILES string of the molecule is O=C(COCC(F)(F)F)NC(C(=O)O)c1ccc(Cl)cc1. The molecule has 0 bridgehead atoms. The number of carbonyl (C=O) groups excluding carboxylic acids is 1. The van der Waals surface area contributed by atoms with Crippen LogP contribution in [0.15, 0.2) is 24.3 Å². The summed E-state index contributed by atoms with van der Waals surface area (Å²) in [4.78, 5) is 22.5. The number of amides is 1. The van der Waals surface area contributed by atoms with Crippen molar-refractivity contribution in [2.45, 2.75) is 12.2 Å². The number of hydrogen-bond acceptors (Lipinski definition) is 3. The first kappa shape index (κ1) is 17.3. The van der Waals surface area contributed by atoms with Crippen LogP contribution >= 0.6 is 11.6 Å². The van der Waals surface area contributed by atoms with Crippen molar-refractivity contribution in [3.8, 4) is 0 Å². The van der Waals surface area contributed by atoms with Crippen molar-refractivity contribution in [1.82, 2.24) is 5.32 Å². The molecule has 0 saturated carbocycles. The van der Waals surface area contributed by atoms with Gasteiger partial charge < -0.3 is 15.2 Å². The zero-order valence-electron chi connectivity index (χ0n) is 10.5. The molecule has 1 amide bonds. The lowest BCUT2D eigenvalue weighted by Gasteiger charge is -2.15. The van der Waals surface area contributed by atoms with Gasteiger partial charge in [-0.3, -0.25) is 4.79 Å². The van der Waals surface area contributed by atoms with Crippen molar-refractivity contribution in [2.24, 2.45) is 0 Å². The number of carboxylic acid groups (broad SMARTS) is 1. The zero-order valence-corrected chi connectivity index (χ0v) is 11.2. The largest absolute Gasteiger partial charge is 0.479 e. The highest BCUT2D eigenvalue weighted by molar-refractivity contribution is 6.30. The fourth-order valence-electron chi connectivity index (χ4n) is 1.40. The van der Waals surface area contributed by atoms with Crippen molar-refractivity contribution in [3.05, 3.63) is 34.9 Å². The van der Waals surface area contributed by atoms with Gasteiger partial charge in [-0.2, -0.15) is 13.2 Å². The van der Waals surface area contributed by atoms with Crippen molar-refractivity contribution in [1.29, 1.82) is 0 Å². The van der Waals surface area contributed by atoms with Gasteiger partial charge in [-0.25, -0.2) is 4.79 Å². The Bertz CT molecular complexity index is 504. The lowest BCUT2D eigenvalue weighted by molar-refractivity contribution is -0.176. The second-order valence-electron chi connectivity index (χ2n) is 4.00. The third-order valence-electron chi connectivity index (χ3n) is 2.25. The Morgan fingerprint density at radius 1 is 1.29 bits per heavy atom. The molecule has 0 fully saturated rings. The number of carbonyl (C=O) groups is 2. The van der Waals surface area contributed by atoms with E-state index in [0.717, 1.165) is 0 Å². The molecule has 1 atom stereocenters. The molecular formula is C12H11ClF3NO4. The van der Waals surface area contributed by atoms with Crippen LogP contribution in [-0.4, -0.2) is 36.4 Å². The summed E-state index contributed by atoms with van der Waals surface area (Å²) in [5.41, 5.74) is 0.232. The second kappa shape index (κ2) is 7.28. The minimum absolute atomic E-state index is 0.232. The van der Waals surface area contributed by atoms with Gasteiger partial charge in [-0.05, 0) is 17.7 Å². The number of hydrogen-bond donors (Lipinski definition) is 2. The molecule has 5 nitrogen and oxygen atoms in total. The predicted octanol–water partition coefficient (Wildman–Crippen LogP) is 2.16. The summed E-state index contributed by atoms with van der Waals surface area (Å²) < 4.78 is 39.7. The van der Waals surface area contributed by atoms with E-state index in [1.54, 1.807) is 0 Å². The summed E-state index contributed by atoms with van der Waals surface area (Å²) in [6, 6.07) is 4.23. The topological polar surface area (TPSA) is 75.6 Å². The Labute approximate surface area is 122 Å². The molecule has 0 aliphatic carbocycles. The van der Waals surface area contributed by atoms with Crippen molar-refractivity contribution >= 4 is 23.5 Å². The van der Waals surface area contributed by atoms with Gasteiger partial charge in [0.05, 0.1) is 0 Å². The maximum atomic E-state index is 11.8. The summed E-state index contributed by atoms with van der Waals surface area (Å²) in [5.74, 6) is -2.33. The first-order valence-electron chi connectivity index (χ1n) is 5.61. The molecule has 0 aliphatic heterocycles. The first-order valence-corrected chi connectivity index (χ1v) is 5.99. The predicted molar refractivity (Wildman–Crippen MR) is 66.8 cm³/mol. The van der Waals surface area contributed by atoms with Crippen LogP contribution in [0.1, 0.15) is 11.6 Å². The third kappa shape index (κ3) is 6.46. The number of alkyl halides is 3. The second-order valence-corrected chi connectivity index (χ2v) is 4.43. The number of halogens is 4. The number of benzene rings is 1. The van der Waals surface area contributed by atoms with Gasteiger partial charge in [0.25, 0.3) is 0 Å². The van der Waals surface area contributed by atoms with Crippen molar-refractivity contribution in [2.75, 3.05) is 13.2 Å². The Kier molecular flexibility index (Phi) is 5.98. The van der Waals surface area contributed by atoms with E-state index in [1.165, 1.54) is 24.3 Å². The fraction of sp³-hybridized carbons (Fsp3) is 0.333. The number of rotatable bonds is 6. The van der Waals surface area contributed by atoms with E-state index in [9.17, 15) is 22.8 Å². The van der Waals surface area contributed by atoms with E-state index in [0.29, 0.717) is 5.02 Å². The Balaban J connectivity index is 2.61. The molecule has 1 rings (SSSR count). The summed E-state index contributed by atoms with van der Waals surface area (Å²) in [5, 5.41) is 11.5. The minimum Gasteiger partial charge on any atom is -0.479 e. The molecule has 0 spiro atoms. The summed E-state index contributed by atoms with van der Waals surface area (Å²) in [6.07, 6.45) is -4.55. The van der Waals surface area contributed by atoms with Crippen LogP contribution in [-0.2, 0) is 14.3 Å². The number of carboxylic acids is 1. The Morgan fingerprint density at radius 2 is 1.86 bits per heavy atom. The number of nitrogens with one attached hydrogen (secondary N) is 1. The normalized spacial score (nSPS) is 12.8. The molecule has 116 valence electrons. The molecule has 9 heteroatoms. The molecule has 2 N–H and O–H groups in total. The highest BCUT2D eigenvalue weighted by Gasteiger charge is 2.28. The Morgan fingerprint density at radius 3 is 2.33 bits per heavy atom. The minimum atomic E-state index is -4.55. The number of ether oxygens (including phenoxy) is 1. The van der Waals surface area contributed by atoms with Crippen LogP contribution in [0.4, 0.5) is 13.2 Å². The summed E-state index contributed by atoms with van der Waals surface area (Å²) >= 11 is 5.65. The Hall–Kier alpha value is -1.80. The number of aliphatic carboxylic acids is 1. The molecule has 0 aliphatic rings. The maximum absolute atomic E-state index is 11.8. The van der Waals surface area contributed by atoms with Crippen LogP contribution in [0.2, 0.25) is 5.02 Å². The van der Waals surface area contributed by atoms with E-state index in [2.05, 4.69) is 10.1 Å². The molecule has 1 unspecified atom stereocenters. The molecule has 0 radical (unpaired) electrons. The van der Waals surface area contributed by atoms with Gasteiger partial charge in [0, 0.05) is 5.02 Å². The molecule has 1 aromatic rings. The van der Waals surface area contributed by atoms with Crippen LogP contribution in [0.25, 0.3) is 0 Å². The lowest BCUT2D eigenvalue weighted by Crippen LogP contribution is -2.36. The molecule has 1 aromatic carbocycles. The van der Waals surface area contributed by atoms with Gasteiger partial charge >= 0.3 is 12.1 Å². The molecule has 0 saturated heterocycles. The van der Waals surface area contributed by atoms with Gasteiger partial charge in [0.15, 0.2) is 6.04 Å². The van der Waals surface area contributed by atoms with E-state index in [1.807, 2.05) is 0 Å². The zero-order chi connectivity index (χ0) is 16.0. The van der Waals surface area contributed by atoms with E-state index < -0.39 is 37.3 Å². The van der Waals surface area contributed by atoms with Crippen LogP contribution < -0.4 is 5.32 Å². The summed E-state index contributed by atoms with van der Waals surface area (Å²) in [7, 11) is 0. The van der Waals surface area contributed by atoms with E-state index in [4.69, 9.17) is 16.7 Å². The first-order chi connectivity index (χ1) is 9.69. The van der Waals surface area contributed by atoms with Gasteiger partial charge in [0.2, 0.25) is 5.91 Å². The quantitative estimate of drug-likeness (QED) is 0.840. The van der Waals surface area contributed by atoms with Gasteiger partial charge in [-0.15, -0.1) is 0 Å². The average molecular weight is 326 g/mol. The standard InChI is InChI=1S/C12H11ClF3NO4/c13-8-3-1-7(2-4-8)10(11(19)20)17-9(18)5-21-6-12(14,15)16/h1-4,10H,5-6H2,(H,17,18)(H,19,20). The lowest BCUT2D eigenvalue weighted by atomic mass is 10.1. The highest BCUT2D eigenvalue weighted by Crippen LogP contribution is 2.17. The van der Waals surface area contributed by atoms with E-state index >= 15 is 0 Å². The van der Waals surface area contributed by atoms with Crippen molar-refractivity contribution in [3.63, 3.8) is 0 Å². The average Bonchev–Trinajstić information content (AvgIpc) is 2.35. The van der Waals surface area contributed by atoms with Gasteiger partial charge in [-0.1, -0.05) is 23.7 Å². The van der Waals surface area contributed by atoms with Crippen LogP contribution in [0.3, 0.4) is 0 Å². The van der Waals surface area contributed by atoms with Crippen molar-refractivity contribution < 1.29 is 32.6 Å². The van der Waals surface area contributed by atoms with Crippen LogP contribution in [0.5, 0.6) is 0 Å². The summed E-state index contributed by atoms with van der Waals surface area (Å²) in [6.45, 7) is -2.48. The smallest absolute Gasteiger partial charge is 0.411 e. The molecule has 0 aromatic heterocycles. The molecule has 21 heavy (non-hydrogen) atoms. The third-order valence-corrected chi connectivity index (χ3v) is 2.51. The van der Waals surface area contributed by atoms with Crippen LogP contribution in [0, 0.1) is 0 Å².